The third-order valence-electron chi connectivity index (χ3n) is 4.00. The van der Waals surface area contributed by atoms with Gasteiger partial charge in [-0.1, -0.05) is 25.1 Å². The second-order valence-corrected chi connectivity index (χ2v) is 7.95. The minimum Gasteiger partial charge on any atom is -0.452 e. The third kappa shape index (κ3) is 4.96. The molecule has 0 saturated heterocycles. The number of sulfonamides is 1. The van der Waals surface area contributed by atoms with Crippen LogP contribution in [0.25, 0.3) is 0 Å². The summed E-state index contributed by atoms with van der Waals surface area (Å²) in [5, 5.41) is 6.03. The van der Waals surface area contributed by atoms with Crippen molar-refractivity contribution in [2.24, 2.45) is 0 Å². The van der Waals surface area contributed by atoms with E-state index in [1.54, 1.807) is 27.7 Å². The highest BCUT2D eigenvalue weighted by molar-refractivity contribution is 7.89. The summed E-state index contributed by atoms with van der Waals surface area (Å²) in [7, 11) is -3.72. The minimum atomic E-state index is -3.72. The van der Waals surface area contributed by atoms with Crippen molar-refractivity contribution in [1.82, 2.24) is 9.46 Å². The number of anilines is 1. The molecule has 1 aromatic carbocycles. The van der Waals surface area contributed by atoms with Crippen LogP contribution in [0.5, 0.6) is 0 Å². The molecule has 28 heavy (non-hydrogen) atoms. The third-order valence-corrected chi connectivity index (χ3v) is 6.05. The predicted octanol–water partition coefficient (Wildman–Crippen LogP) is 2.12. The zero-order chi connectivity index (χ0) is 20.9. The van der Waals surface area contributed by atoms with Gasteiger partial charge < -0.3 is 14.6 Å². The molecular formula is C18H23N3O6S. The molecule has 0 aliphatic heterocycles. The van der Waals surface area contributed by atoms with Gasteiger partial charge in [-0.2, -0.15) is 4.31 Å². The average molecular weight is 409 g/mol. The SMILES string of the molecule is CCN(CC)S(=O)(=O)c1ccc(C)c(C(=O)OCC(=O)Nc2cc(C)on2)c1. The Morgan fingerprint density at radius 1 is 1.18 bits per heavy atom. The number of ether oxygens (including phenoxy) is 1. The van der Waals surface area contributed by atoms with Crippen molar-refractivity contribution in [3.63, 3.8) is 0 Å². The molecular weight excluding hydrogens is 386 g/mol. The van der Waals surface area contributed by atoms with Crippen molar-refractivity contribution in [3.05, 3.63) is 41.2 Å². The lowest BCUT2D eigenvalue weighted by Gasteiger charge is -2.19. The topological polar surface area (TPSA) is 119 Å². The van der Waals surface area contributed by atoms with Gasteiger partial charge in [0.25, 0.3) is 5.91 Å². The monoisotopic (exact) mass is 409 g/mol. The Morgan fingerprint density at radius 2 is 1.86 bits per heavy atom. The molecule has 0 fully saturated rings. The Balaban J connectivity index is 2.11. The maximum Gasteiger partial charge on any atom is 0.338 e. The molecule has 0 radical (unpaired) electrons. The summed E-state index contributed by atoms with van der Waals surface area (Å²) in [6, 6.07) is 5.76. The van der Waals surface area contributed by atoms with Crippen LogP contribution < -0.4 is 5.32 Å². The van der Waals surface area contributed by atoms with Gasteiger partial charge in [-0.05, 0) is 31.5 Å². The number of amides is 1. The Morgan fingerprint density at radius 3 is 2.43 bits per heavy atom. The van der Waals surface area contributed by atoms with Crippen LogP contribution >= 0.6 is 0 Å². The van der Waals surface area contributed by atoms with E-state index in [1.807, 2.05) is 0 Å². The van der Waals surface area contributed by atoms with E-state index in [2.05, 4.69) is 10.5 Å². The number of carbonyl (C=O) groups is 2. The van der Waals surface area contributed by atoms with Crippen LogP contribution in [0.4, 0.5) is 5.82 Å². The van der Waals surface area contributed by atoms with Crippen LogP contribution in [-0.2, 0) is 19.6 Å². The van der Waals surface area contributed by atoms with Crippen molar-refractivity contribution in [2.75, 3.05) is 25.0 Å². The number of hydrogen-bond acceptors (Lipinski definition) is 7. The Hall–Kier alpha value is -2.72. The van der Waals surface area contributed by atoms with Crippen molar-refractivity contribution < 1.29 is 27.3 Å². The summed E-state index contributed by atoms with van der Waals surface area (Å²) in [5.74, 6) is -0.650. The second-order valence-electron chi connectivity index (χ2n) is 6.01. The largest absolute Gasteiger partial charge is 0.452 e. The van der Waals surface area contributed by atoms with E-state index in [0.717, 1.165) is 0 Å². The summed E-state index contributed by atoms with van der Waals surface area (Å²) >= 11 is 0. The lowest BCUT2D eigenvalue weighted by molar-refractivity contribution is -0.119. The first-order valence-corrected chi connectivity index (χ1v) is 10.1. The number of aromatic nitrogens is 1. The van der Waals surface area contributed by atoms with Gasteiger partial charge in [-0.3, -0.25) is 4.79 Å². The number of esters is 1. The van der Waals surface area contributed by atoms with Gasteiger partial charge in [-0.25, -0.2) is 13.2 Å². The molecule has 9 nitrogen and oxygen atoms in total. The van der Waals surface area contributed by atoms with E-state index in [9.17, 15) is 18.0 Å². The van der Waals surface area contributed by atoms with Crippen LogP contribution in [0.2, 0.25) is 0 Å². The first-order chi connectivity index (χ1) is 13.2. The standard InChI is InChI=1S/C18H23N3O6S/c1-5-21(6-2)28(24,25)14-8-7-12(3)15(10-14)18(23)26-11-17(22)19-16-9-13(4)27-20-16/h7-10H,5-6,11H2,1-4H3,(H,19,20,22). The summed E-state index contributed by atoms with van der Waals surface area (Å²) in [4.78, 5) is 24.2. The molecule has 10 heteroatoms. The van der Waals surface area contributed by atoms with Gasteiger partial charge >= 0.3 is 5.97 Å². The number of nitrogens with one attached hydrogen (secondary N) is 1. The van der Waals surface area contributed by atoms with Crippen LogP contribution in [0.3, 0.4) is 0 Å². The molecule has 0 atom stereocenters. The summed E-state index contributed by atoms with van der Waals surface area (Å²) in [6.07, 6.45) is 0. The molecule has 0 unspecified atom stereocenters. The molecule has 1 amide bonds. The summed E-state index contributed by atoms with van der Waals surface area (Å²) in [6.45, 7) is 6.88. The van der Waals surface area contributed by atoms with E-state index in [0.29, 0.717) is 24.4 Å². The van der Waals surface area contributed by atoms with E-state index >= 15 is 0 Å². The number of rotatable bonds is 8. The average Bonchev–Trinajstić information content (AvgIpc) is 3.05. The highest BCUT2D eigenvalue weighted by atomic mass is 32.2. The van der Waals surface area contributed by atoms with Crippen LogP contribution in [0.15, 0.2) is 33.7 Å². The Labute approximate surface area is 163 Å². The lowest BCUT2D eigenvalue weighted by atomic mass is 10.1. The molecule has 1 aromatic heterocycles. The quantitative estimate of drug-likeness (QED) is 0.663. The molecule has 0 bridgehead atoms. The first kappa shape index (κ1) is 21.6. The summed E-state index contributed by atoms with van der Waals surface area (Å²) < 4.78 is 36.4. The second kappa shape index (κ2) is 8.98. The minimum absolute atomic E-state index is 0.00345. The van der Waals surface area contributed by atoms with Gasteiger partial charge in [0, 0.05) is 19.2 Å². The predicted molar refractivity (Wildman–Crippen MR) is 101 cm³/mol. The van der Waals surface area contributed by atoms with Crippen molar-refractivity contribution >= 4 is 27.7 Å². The normalized spacial score (nSPS) is 11.5. The Bertz CT molecular complexity index is 963. The molecule has 2 rings (SSSR count). The number of benzene rings is 1. The fourth-order valence-electron chi connectivity index (χ4n) is 2.51. The number of nitrogens with zero attached hydrogens (tertiary/aromatic N) is 2. The molecule has 152 valence electrons. The van der Waals surface area contributed by atoms with Gasteiger partial charge in [0.15, 0.2) is 12.4 Å². The number of carbonyl (C=O) groups excluding carboxylic acids is 2. The zero-order valence-electron chi connectivity index (χ0n) is 16.2. The number of aryl methyl sites for hydroxylation is 2. The molecule has 0 saturated carbocycles. The van der Waals surface area contributed by atoms with Gasteiger partial charge in [0.2, 0.25) is 10.0 Å². The molecule has 0 aliphatic carbocycles. The maximum atomic E-state index is 12.6. The summed E-state index contributed by atoms with van der Waals surface area (Å²) in [5.41, 5.74) is 0.620. The van der Waals surface area contributed by atoms with E-state index < -0.39 is 28.5 Å². The van der Waals surface area contributed by atoms with Crippen molar-refractivity contribution in [2.45, 2.75) is 32.6 Å². The molecule has 2 aromatic rings. The zero-order valence-corrected chi connectivity index (χ0v) is 17.0. The number of hydrogen-bond donors (Lipinski definition) is 1. The van der Waals surface area contributed by atoms with Crippen LogP contribution in [0.1, 0.15) is 35.5 Å². The van der Waals surface area contributed by atoms with Crippen LogP contribution in [0, 0.1) is 13.8 Å². The van der Waals surface area contributed by atoms with Gasteiger partial charge in [0.1, 0.15) is 5.76 Å². The molecule has 1 heterocycles. The fraction of sp³-hybridized carbons (Fsp3) is 0.389. The lowest BCUT2D eigenvalue weighted by Crippen LogP contribution is -2.30. The first-order valence-electron chi connectivity index (χ1n) is 8.70. The van der Waals surface area contributed by atoms with E-state index in [-0.39, 0.29) is 16.3 Å². The highest BCUT2D eigenvalue weighted by Crippen LogP contribution is 2.20. The Kier molecular flexibility index (Phi) is 6.92. The molecule has 1 N–H and O–H groups in total. The van der Waals surface area contributed by atoms with Crippen molar-refractivity contribution in [1.29, 1.82) is 0 Å². The molecule has 0 spiro atoms. The highest BCUT2D eigenvalue weighted by Gasteiger charge is 2.24. The smallest absolute Gasteiger partial charge is 0.338 e. The molecule has 0 aliphatic rings. The fourth-order valence-corrected chi connectivity index (χ4v) is 3.99. The van der Waals surface area contributed by atoms with Gasteiger partial charge in [0.05, 0.1) is 10.5 Å². The maximum absolute atomic E-state index is 12.6. The van der Waals surface area contributed by atoms with E-state index in [4.69, 9.17) is 9.26 Å². The van der Waals surface area contributed by atoms with Gasteiger partial charge in [-0.15, -0.1) is 0 Å². The van der Waals surface area contributed by atoms with E-state index in [1.165, 1.54) is 28.6 Å². The van der Waals surface area contributed by atoms with Crippen LogP contribution in [-0.4, -0.2) is 49.5 Å². The van der Waals surface area contributed by atoms with Crippen molar-refractivity contribution in [3.8, 4) is 0 Å².